The number of hydrogen-bond acceptors (Lipinski definition) is 5. The number of hydrogen-bond donors (Lipinski definition) is 1. The van der Waals surface area contributed by atoms with Crippen molar-refractivity contribution < 1.29 is 4.79 Å². The number of carbonyl (C=O) groups excluding carboxylic acids is 1. The summed E-state index contributed by atoms with van der Waals surface area (Å²) in [7, 11) is 1.81. The van der Waals surface area contributed by atoms with Crippen LogP contribution in [0, 0.1) is 13.8 Å². The van der Waals surface area contributed by atoms with E-state index >= 15 is 0 Å². The maximum atomic E-state index is 12.5. The molecule has 0 fully saturated rings. The summed E-state index contributed by atoms with van der Waals surface area (Å²) in [6, 6.07) is 3.62. The minimum Gasteiger partial charge on any atom is -0.370 e. The van der Waals surface area contributed by atoms with Crippen molar-refractivity contribution in [3.8, 4) is 0 Å². The summed E-state index contributed by atoms with van der Waals surface area (Å²) < 4.78 is 0. The van der Waals surface area contributed by atoms with Crippen molar-refractivity contribution in [2.75, 3.05) is 18.9 Å². The van der Waals surface area contributed by atoms with Gasteiger partial charge in [0.05, 0.1) is 17.7 Å². The Morgan fingerprint density at radius 2 is 2.14 bits per heavy atom. The fourth-order valence-electron chi connectivity index (χ4n) is 2.05. The molecule has 112 valence electrons. The normalized spacial score (nSPS) is 10.5. The Hall–Kier alpha value is -1.95. The standard InChI is InChI=1S/C15H20N4OS/c1-5-16-14-7-12(6-10(2)18-14)15(20)19(4)8-13-11(3)17-9-21-13/h6-7,9H,5,8H2,1-4H3,(H,16,18). The summed E-state index contributed by atoms with van der Waals surface area (Å²) in [4.78, 5) is 24.0. The van der Waals surface area contributed by atoms with Crippen molar-refractivity contribution >= 4 is 23.1 Å². The van der Waals surface area contributed by atoms with Gasteiger partial charge in [-0.25, -0.2) is 9.97 Å². The molecule has 0 atom stereocenters. The first-order valence-corrected chi connectivity index (χ1v) is 7.76. The SMILES string of the molecule is CCNc1cc(C(=O)N(C)Cc2scnc2C)cc(C)n1. The molecule has 21 heavy (non-hydrogen) atoms. The van der Waals surface area contributed by atoms with Crippen LogP contribution in [0.5, 0.6) is 0 Å². The van der Waals surface area contributed by atoms with Gasteiger partial charge in [-0.15, -0.1) is 11.3 Å². The van der Waals surface area contributed by atoms with Crippen molar-refractivity contribution in [2.24, 2.45) is 0 Å². The van der Waals surface area contributed by atoms with Crippen molar-refractivity contribution in [3.63, 3.8) is 0 Å². The Labute approximate surface area is 129 Å². The van der Waals surface area contributed by atoms with Crippen molar-refractivity contribution in [2.45, 2.75) is 27.3 Å². The lowest BCUT2D eigenvalue weighted by Crippen LogP contribution is -2.26. The summed E-state index contributed by atoms with van der Waals surface area (Å²) >= 11 is 1.58. The molecule has 0 aromatic carbocycles. The molecule has 0 radical (unpaired) electrons. The number of aromatic nitrogens is 2. The van der Waals surface area contributed by atoms with Crippen LogP contribution in [0.1, 0.15) is 33.5 Å². The van der Waals surface area contributed by atoms with Crippen LogP contribution in [0.15, 0.2) is 17.6 Å². The minimum absolute atomic E-state index is 0.00699. The summed E-state index contributed by atoms with van der Waals surface area (Å²) in [5.74, 6) is 0.732. The number of anilines is 1. The molecular weight excluding hydrogens is 284 g/mol. The van der Waals surface area contributed by atoms with Gasteiger partial charge in [-0.05, 0) is 32.9 Å². The van der Waals surface area contributed by atoms with Gasteiger partial charge in [-0.1, -0.05) is 0 Å². The molecule has 0 aliphatic carbocycles. The fourth-order valence-corrected chi connectivity index (χ4v) is 2.88. The van der Waals surface area contributed by atoms with Crippen molar-refractivity contribution in [1.29, 1.82) is 0 Å². The average Bonchev–Trinajstić information content (AvgIpc) is 2.83. The van der Waals surface area contributed by atoms with Crippen LogP contribution in [0.3, 0.4) is 0 Å². The van der Waals surface area contributed by atoms with Gasteiger partial charge >= 0.3 is 0 Å². The lowest BCUT2D eigenvalue weighted by Gasteiger charge is -2.17. The smallest absolute Gasteiger partial charge is 0.254 e. The molecule has 0 saturated heterocycles. The third-order valence-electron chi connectivity index (χ3n) is 3.13. The Kier molecular flexibility index (Phi) is 4.90. The summed E-state index contributed by atoms with van der Waals surface area (Å²) in [5, 5.41) is 3.15. The molecule has 1 amide bonds. The number of nitrogens with one attached hydrogen (secondary N) is 1. The third kappa shape index (κ3) is 3.78. The van der Waals surface area contributed by atoms with Crippen molar-refractivity contribution in [1.82, 2.24) is 14.9 Å². The number of amides is 1. The van der Waals surface area contributed by atoms with E-state index in [1.165, 1.54) is 0 Å². The lowest BCUT2D eigenvalue weighted by atomic mass is 10.2. The maximum Gasteiger partial charge on any atom is 0.254 e. The van der Waals surface area contributed by atoms with Crippen LogP contribution in [-0.4, -0.2) is 34.4 Å². The zero-order chi connectivity index (χ0) is 15.4. The molecule has 2 rings (SSSR count). The quantitative estimate of drug-likeness (QED) is 0.923. The highest BCUT2D eigenvalue weighted by molar-refractivity contribution is 7.09. The Morgan fingerprint density at radius 1 is 1.38 bits per heavy atom. The van der Waals surface area contributed by atoms with E-state index in [1.807, 2.05) is 39.4 Å². The molecule has 0 saturated carbocycles. The van der Waals surface area contributed by atoms with Crippen molar-refractivity contribution in [3.05, 3.63) is 39.5 Å². The van der Waals surface area contributed by atoms with Gasteiger partial charge in [0.25, 0.3) is 5.91 Å². The Morgan fingerprint density at radius 3 is 2.76 bits per heavy atom. The highest BCUT2D eigenvalue weighted by Crippen LogP contribution is 2.17. The van der Waals surface area contributed by atoms with Crippen LogP contribution in [0.25, 0.3) is 0 Å². The van der Waals surface area contributed by atoms with E-state index in [1.54, 1.807) is 22.3 Å². The summed E-state index contributed by atoms with van der Waals surface area (Å²) in [6.07, 6.45) is 0. The Bertz CT molecular complexity index is 638. The molecule has 2 aromatic rings. The van der Waals surface area contributed by atoms with E-state index in [9.17, 15) is 4.79 Å². The molecule has 0 unspecified atom stereocenters. The molecular formula is C15H20N4OS. The van der Waals surface area contributed by atoms with E-state index in [2.05, 4.69) is 15.3 Å². The van der Waals surface area contributed by atoms with Gasteiger partial charge in [0.15, 0.2) is 0 Å². The van der Waals surface area contributed by atoms with Crippen LogP contribution >= 0.6 is 11.3 Å². The van der Waals surface area contributed by atoms with Gasteiger partial charge in [0, 0.05) is 29.7 Å². The molecule has 0 bridgehead atoms. The predicted molar refractivity (Wildman–Crippen MR) is 85.8 cm³/mol. The number of nitrogens with zero attached hydrogens (tertiary/aromatic N) is 3. The van der Waals surface area contributed by atoms with E-state index in [0.29, 0.717) is 12.1 Å². The van der Waals surface area contributed by atoms with Gasteiger partial charge < -0.3 is 10.2 Å². The first kappa shape index (κ1) is 15.4. The molecule has 0 spiro atoms. The van der Waals surface area contributed by atoms with Crippen LogP contribution in [-0.2, 0) is 6.54 Å². The van der Waals surface area contributed by atoms with E-state index < -0.39 is 0 Å². The minimum atomic E-state index is -0.00699. The number of carbonyl (C=O) groups is 1. The molecule has 1 N–H and O–H groups in total. The van der Waals surface area contributed by atoms with Gasteiger partial charge in [0.1, 0.15) is 5.82 Å². The molecule has 6 heteroatoms. The summed E-state index contributed by atoms with van der Waals surface area (Å²) in [6.45, 7) is 7.21. The topological polar surface area (TPSA) is 58.1 Å². The number of thiazole rings is 1. The van der Waals surface area contributed by atoms with Gasteiger partial charge in [0.2, 0.25) is 0 Å². The second-order valence-electron chi connectivity index (χ2n) is 4.93. The van der Waals surface area contributed by atoms with Gasteiger partial charge in [-0.3, -0.25) is 4.79 Å². The number of aryl methyl sites for hydroxylation is 2. The second-order valence-corrected chi connectivity index (χ2v) is 5.87. The first-order valence-electron chi connectivity index (χ1n) is 6.88. The molecule has 0 aliphatic rings. The third-order valence-corrected chi connectivity index (χ3v) is 4.05. The zero-order valence-corrected chi connectivity index (χ0v) is 13.6. The highest BCUT2D eigenvalue weighted by atomic mass is 32.1. The number of rotatable bonds is 5. The fraction of sp³-hybridized carbons (Fsp3) is 0.400. The van der Waals surface area contributed by atoms with Crippen LogP contribution in [0.2, 0.25) is 0 Å². The second kappa shape index (κ2) is 6.67. The Balaban J connectivity index is 2.17. The number of pyridine rings is 1. The van der Waals surface area contributed by atoms with E-state index in [4.69, 9.17) is 0 Å². The van der Waals surface area contributed by atoms with E-state index in [0.717, 1.165) is 28.6 Å². The lowest BCUT2D eigenvalue weighted by molar-refractivity contribution is 0.0786. The van der Waals surface area contributed by atoms with Gasteiger partial charge in [-0.2, -0.15) is 0 Å². The predicted octanol–water partition coefficient (Wildman–Crippen LogP) is 2.86. The van der Waals surface area contributed by atoms with Crippen LogP contribution < -0.4 is 5.32 Å². The first-order chi connectivity index (χ1) is 10.0. The van der Waals surface area contributed by atoms with Crippen LogP contribution in [0.4, 0.5) is 5.82 Å². The monoisotopic (exact) mass is 304 g/mol. The highest BCUT2D eigenvalue weighted by Gasteiger charge is 2.15. The molecule has 2 aromatic heterocycles. The largest absolute Gasteiger partial charge is 0.370 e. The average molecular weight is 304 g/mol. The zero-order valence-electron chi connectivity index (χ0n) is 12.8. The summed E-state index contributed by atoms with van der Waals surface area (Å²) in [5.41, 5.74) is 4.28. The molecule has 0 aliphatic heterocycles. The maximum absolute atomic E-state index is 12.5. The molecule has 2 heterocycles. The molecule has 5 nitrogen and oxygen atoms in total. The van der Waals surface area contributed by atoms with E-state index in [-0.39, 0.29) is 5.91 Å².